The molecule has 1 aliphatic rings. The minimum absolute atomic E-state index is 0.204. The van der Waals surface area contributed by atoms with E-state index in [9.17, 15) is 10.1 Å². The Morgan fingerprint density at radius 2 is 2.05 bits per heavy atom. The van der Waals surface area contributed by atoms with Gasteiger partial charge >= 0.3 is 0 Å². The standard InChI is InChI=1S/C16H24N2O2/c1-11-5-4-6-14(7-11)10-17-15-9-16(18(19)20)13(3)8-12(15)2/h8-9,11,14,17H,4-7,10H2,1-3H3. The Bertz CT molecular complexity index is 499. The Morgan fingerprint density at radius 1 is 1.30 bits per heavy atom. The molecule has 2 atom stereocenters. The maximum absolute atomic E-state index is 11.0. The highest BCUT2D eigenvalue weighted by Gasteiger charge is 2.19. The summed E-state index contributed by atoms with van der Waals surface area (Å²) in [6.07, 6.45) is 5.18. The van der Waals surface area contributed by atoms with Crippen molar-refractivity contribution in [2.24, 2.45) is 11.8 Å². The molecule has 1 aromatic rings. The first kappa shape index (κ1) is 14.8. The van der Waals surface area contributed by atoms with Crippen molar-refractivity contribution in [1.82, 2.24) is 0 Å². The third-order valence-electron chi connectivity index (χ3n) is 4.37. The Hall–Kier alpha value is -1.58. The average molecular weight is 276 g/mol. The first-order valence-electron chi connectivity index (χ1n) is 7.47. The Morgan fingerprint density at radius 3 is 2.70 bits per heavy atom. The summed E-state index contributed by atoms with van der Waals surface area (Å²) in [5, 5.41) is 14.4. The first-order chi connectivity index (χ1) is 9.47. The van der Waals surface area contributed by atoms with Crippen molar-refractivity contribution in [2.45, 2.75) is 46.5 Å². The zero-order valence-electron chi connectivity index (χ0n) is 12.6. The van der Waals surface area contributed by atoms with Crippen molar-refractivity contribution in [3.63, 3.8) is 0 Å². The van der Waals surface area contributed by atoms with Gasteiger partial charge in [-0.1, -0.05) is 19.8 Å². The summed E-state index contributed by atoms with van der Waals surface area (Å²) in [4.78, 5) is 10.7. The number of nitrogens with one attached hydrogen (secondary N) is 1. The number of rotatable bonds is 4. The van der Waals surface area contributed by atoms with Gasteiger partial charge < -0.3 is 5.32 Å². The molecule has 110 valence electrons. The molecule has 0 saturated heterocycles. The number of hydrogen-bond donors (Lipinski definition) is 1. The minimum atomic E-state index is -0.303. The van der Waals surface area contributed by atoms with Crippen LogP contribution in [0.4, 0.5) is 11.4 Å². The highest BCUT2D eigenvalue weighted by molar-refractivity contribution is 5.60. The highest BCUT2D eigenvalue weighted by atomic mass is 16.6. The van der Waals surface area contributed by atoms with E-state index in [1.807, 2.05) is 13.0 Å². The Kier molecular flexibility index (Phi) is 4.63. The first-order valence-corrected chi connectivity index (χ1v) is 7.47. The van der Waals surface area contributed by atoms with Crippen LogP contribution in [0.2, 0.25) is 0 Å². The molecule has 0 radical (unpaired) electrons. The van der Waals surface area contributed by atoms with Gasteiger partial charge in [0.2, 0.25) is 0 Å². The lowest BCUT2D eigenvalue weighted by molar-refractivity contribution is -0.385. The van der Waals surface area contributed by atoms with Crippen molar-refractivity contribution >= 4 is 11.4 Å². The summed E-state index contributed by atoms with van der Waals surface area (Å²) in [7, 11) is 0. The van der Waals surface area contributed by atoms with Crippen LogP contribution in [0.5, 0.6) is 0 Å². The van der Waals surface area contributed by atoms with E-state index in [-0.39, 0.29) is 10.6 Å². The van der Waals surface area contributed by atoms with Gasteiger partial charge in [-0.25, -0.2) is 0 Å². The third-order valence-corrected chi connectivity index (χ3v) is 4.37. The van der Waals surface area contributed by atoms with E-state index in [0.29, 0.717) is 5.92 Å². The Balaban J connectivity index is 2.05. The molecular weight excluding hydrogens is 252 g/mol. The molecule has 0 spiro atoms. The fourth-order valence-electron chi connectivity index (χ4n) is 3.23. The van der Waals surface area contributed by atoms with Crippen molar-refractivity contribution in [3.8, 4) is 0 Å². The second-order valence-corrected chi connectivity index (χ2v) is 6.23. The molecule has 2 unspecified atom stereocenters. The largest absolute Gasteiger partial charge is 0.384 e. The maximum Gasteiger partial charge on any atom is 0.274 e. The lowest BCUT2D eigenvalue weighted by Gasteiger charge is -2.27. The van der Waals surface area contributed by atoms with Crippen molar-refractivity contribution in [2.75, 3.05) is 11.9 Å². The average Bonchev–Trinajstić information content (AvgIpc) is 2.37. The van der Waals surface area contributed by atoms with Gasteiger partial charge in [-0.05, 0) is 50.2 Å². The molecule has 4 heteroatoms. The molecule has 0 amide bonds. The molecule has 1 saturated carbocycles. The Labute approximate surface area is 120 Å². The molecule has 0 aliphatic heterocycles. The topological polar surface area (TPSA) is 55.2 Å². The van der Waals surface area contributed by atoms with Gasteiger partial charge in [0, 0.05) is 23.9 Å². The number of anilines is 1. The lowest BCUT2D eigenvalue weighted by atomic mass is 9.82. The molecule has 0 bridgehead atoms. The summed E-state index contributed by atoms with van der Waals surface area (Å²) >= 11 is 0. The molecule has 1 aromatic carbocycles. The quantitative estimate of drug-likeness (QED) is 0.653. The van der Waals surface area contributed by atoms with Crippen LogP contribution in [0, 0.1) is 35.8 Å². The monoisotopic (exact) mass is 276 g/mol. The van der Waals surface area contributed by atoms with Gasteiger partial charge in [-0.15, -0.1) is 0 Å². The van der Waals surface area contributed by atoms with Gasteiger partial charge in [-0.3, -0.25) is 10.1 Å². The van der Waals surface area contributed by atoms with Gasteiger partial charge in [0.05, 0.1) is 4.92 Å². The van der Waals surface area contributed by atoms with E-state index in [2.05, 4.69) is 12.2 Å². The number of nitro benzene ring substituents is 1. The zero-order valence-corrected chi connectivity index (χ0v) is 12.6. The fraction of sp³-hybridized carbons (Fsp3) is 0.625. The van der Waals surface area contributed by atoms with Gasteiger partial charge in [0.15, 0.2) is 0 Å². The minimum Gasteiger partial charge on any atom is -0.384 e. The zero-order chi connectivity index (χ0) is 14.7. The molecule has 20 heavy (non-hydrogen) atoms. The number of benzene rings is 1. The van der Waals surface area contributed by atoms with Crippen LogP contribution >= 0.6 is 0 Å². The van der Waals surface area contributed by atoms with Crippen LogP contribution in [0.25, 0.3) is 0 Å². The summed E-state index contributed by atoms with van der Waals surface area (Å²) in [6, 6.07) is 3.57. The lowest BCUT2D eigenvalue weighted by Crippen LogP contribution is -2.21. The molecular formula is C16H24N2O2. The third kappa shape index (κ3) is 3.50. The maximum atomic E-state index is 11.0. The summed E-state index contributed by atoms with van der Waals surface area (Å²) < 4.78 is 0. The van der Waals surface area contributed by atoms with Gasteiger partial charge in [0.1, 0.15) is 0 Å². The molecule has 1 N–H and O–H groups in total. The predicted molar refractivity (Wildman–Crippen MR) is 82.2 cm³/mol. The van der Waals surface area contributed by atoms with E-state index in [1.54, 1.807) is 13.0 Å². The number of nitro groups is 1. The smallest absolute Gasteiger partial charge is 0.274 e. The highest BCUT2D eigenvalue weighted by Crippen LogP contribution is 2.30. The second kappa shape index (κ2) is 6.25. The fourth-order valence-corrected chi connectivity index (χ4v) is 3.23. The van der Waals surface area contributed by atoms with Crippen LogP contribution in [0.3, 0.4) is 0 Å². The van der Waals surface area contributed by atoms with Gasteiger partial charge in [0.25, 0.3) is 5.69 Å². The molecule has 1 aliphatic carbocycles. The van der Waals surface area contributed by atoms with E-state index >= 15 is 0 Å². The van der Waals surface area contributed by atoms with Gasteiger partial charge in [-0.2, -0.15) is 0 Å². The molecule has 0 heterocycles. The summed E-state index contributed by atoms with van der Waals surface area (Å²) in [5.41, 5.74) is 2.91. The van der Waals surface area contributed by atoms with Crippen LogP contribution in [0.15, 0.2) is 12.1 Å². The summed E-state index contributed by atoms with van der Waals surface area (Å²) in [6.45, 7) is 7.03. The molecule has 1 fully saturated rings. The molecule has 2 rings (SSSR count). The van der Waals surface area contributed by atoms with Crippen LogP contribution in [-0.4, -0.2) is 11.5 Å². The van der Waals surface area contributed by atoms with Crippen molar-refractivity contribution in [1.29, 1.82) is 0 Å². The van der Waals surface area contributed by atoms with Crippen LogP contribution in [-0.2, 0) is 0 Å². The van der Waals surface area contributed by atoms with Crippen LogP contribution in [0.1, 0.15) is 43.7 Å². The number of hydrogen-bond acceptors (Lipinski definition) is 3. The van der Waals surface area contributed by atoms with E-state index in [0.717, 1.165) is 29.3 Å². The molecule has 0 aromatic heterocycles. The van der Waals surface area contributed by atoms with Crippen LogP contribution < -0.4 is 5.32 Å². The summed E-state index contributed by atoms with van der Waals surface area (Å²) in [5.74, 6) is 1.50. The normalized spacial score (nSPS) is 22.6. The van der Waals surface area contributed by atoms with E-state index in [1.165, 1.54) is 25.7 Å². The number of nitrogens with zero attached hydrogens (tertiary/aromatic N) is 1. The number of aryl methyl sites for hydroxylation is 2. The molecule has 4 nitrogen and oxygen atoms in total. The van der Waals surface area contributed by atoms with Crippen molar-refractivity contribution < 1.29 is 4.92 Å². The second-order valence-electron chi connectivity index (χ2n) is 6.23. The van der Waals surface area contributed by atoms with E-state index < -0.39 is 0 Å². The predicted octanol–water partition coefficient (Wildman–Crippen LogP) is 4.45. The van der Waals surface area contributed by atoms with Crippen molar-refractivity contribution in [3.05, 3.63) is 33.4 Å². The SMILES string of the molecule is Cc1cc(C)c([N+](=O)[O-])cc1NCC1CCCC(C)C1. The van der Waals surface area contributed by atoms with E-state index in [4.69, 9.17) is 0 Å².